The van der Waals surface area contributed by atoms with Crippen LogP contribution in [0.1, 0.15) is 30.1 Å². The summed E-state index contributed by atoms with van der Waals surface area (Å²) in [5, 5.41) is 3.12. The second-order valence-corrected chi connectivity index (χ2v) is 6.29. The first kappa shape index (κ1) is 17.5. The molecule has 1 saturated carbocycles. The van der Waals surface area contributed by atoms with E-state index in [1.54, 1.807) is 0 Å². The van der Waals surface area contributed by atoms with Gasteiger partial charge in [-0.2, -0.15) is 0 Å². The van der Waals surface area contributed by atoms with Crippen LogP contribution in [-0.4, -0.2) is 18.0 Å². The van der Waals surface area contributed by atoms with Crippen molar-refractivity contribution in [1.29, 1.82) is 0 Å². The lowest BCUT2D eigenvalue weighted by molar-refractivity contribution is 0.0898. The zero-order chi connectivity index (χ0) is 15.6. The molecule has 3 nitrogen and oxygen atoms in total. The van der Waals surface area contributed by atoms with Gasteiger partial charge >= 0.3 is 0 Å². The number of carbonyl (C=O) groups excluding carboxylic acids is 1. The Morgan fingerprint density at radius 1 is 1.09 bits per heavy atom. The third kappa shape index (κ3) is 3.92. The Hall–Kier alpha value is -1.84. The van der Waals surface area contributed by atoms with E-state index in [1.807, 2.05) is 49.4 Å². The molecule has 1 aliphatic carbocycles. The molecule has 0 heterocycles. The van der Waals surface area contributed by atoms with Gasteiger partial charge in [-0.05, 0) is 48.9 Å². The first-order chi connectivity index (χ1) is 10.6. The normalized spacial score (nSPS) is 16.1. The van der Waals surface area contributed by atoms with Crippen molar-refractivity contribution in [2.24, 2.45) is 11.7 Å². The van der Waals surface area contributed by atoms with Gasteiger partial charge in [-0.3, -0.25) is 4.79 Å². The highest BCUT2D eigenvalue weighted by atomic mass is 35.5. The van der Waals surface area contributed by atoms with Crippen molar-refractivity contribution >= 4 is 18.3 Å². The lowest BCUT2D eigenvalue weighted by atomic mass is 9.95. The summed E-state index contributed by atoms with van der Waals surface area (Å²) in [4.78, 5) is 12.4. The second kappa shape index (κ2) is 7.16. The molecule has 122 valence electrons. The first-order valence-electron chi connectivity index (χ1n) is 7.80. The fraction of sp³-hybridized carbons (Fsp3) is 0.316. The maximum absolute atomic E-state index is 12.4. The van der Waals surface area contributed by atoms with Gasteiger partial charge in [0.1, 0.15) is 0 Å². The van der Waals surface area contributed by atoms with Gasteiger partial charge in [0.25, 0.3) is 5.91 Å². The van der Waals surface area contributed by atoms with Gasteiger partial charge in [0, 0.05) is 12.1 Å². The minimum atomic E-state index is -0.283. The molecule has 2 aromatic carbocycles. The number of amides is 1. The van der Waals surface area contributed by atoms with Crippen LogP contribution < -0.4 is 11.1 Å². The van der Waals surface area contributed by atoms with Gasteiger partial charge in [-0.1, -0.05) is 42.5 Å². The van der Waals surface area contributed by atoms with Crippen LogP contribution in [0, 0.1) is 5.92 Å². The van der Waals surface area contributed by atoms with Crippen LogP contribution in [0.25, 0.3) is 11.1 Å². The van der Waals surface area contributed by atoms with E-state index in [9.17, 15) is 4.79 Å². The minimum absolute atomic E-state index is 0. The topological polar surface area (TPSA) is 55.1 Å². The van der Waals surface area contributed by atoms with E-state index in [2.05, 4.69) is 17.4 Å². The molecule has 0 aliphatic heterocycles. The number of nitrogens with two attached hydrogens (primary N) is 1. The van der Waals surface area contributed by atoms with Crippen molar-refractivity contribution < 1.29 is 4.79 Å². The standard InChI is InChI=1S/C19H22N2O.ClH/c1-19(13-20,17-11-12-17)21-18(22)16-9-7-15(8-10-16)14-5-3-2-4-6-14;/h2-10,17H,11-13,20H2,1H3,(H,21,22);1H. The van der Waals surface area contributed by atoms with Crippen LogP contribution in [0.4, 0.5) is 0 Å². The second-order valence-electron chi connectivity index (χ2n) is 6.29. The lowest BCUT2D eigenvalue weighted by Crippen LogP contribution is -2.53. The number of carbonyl (C=O) groups is 1. The molecular formula is C19H23ClN2O. The summed E-state index contributed by atoms with van der Waals surface area (Å²) < 4.78 is 0. The average Bonchev–Trinajstić information content (AvgIpc) is 3.41. The molecule has 1 fully saturated rings. The summed E-state index contributed by atoms with van der Waals surface area (Å²) in [7, 11) is 0. The Morgan fingerprint density at radius 2 is 1.65 bits per heavy atom. The highest BCUT2D eigenvalue weighted by molar-refractivity contribution is 5.95. The van der Waals surface area contributed by atoms with Crippen LogP contribution in [0.2, 0.25) is 0 Å². The molecule has 2 aromatic rings. The van der Waals surface area contributed by atoms with Gasteiger partial charge in [0.15, 0.2) is 0 Å². The van der Waals surface area contributed by atoms with E-state index >= 15 is 0 Å². The Morgan fingerprint density at radius 3 is 2.17 bits per heavy atom. The summed E-state index contributed by atoms with van der Waals surface area (Å²) in [5.41, 5.74) is 8.52. The highest BCUT2D eigenvalue weighted by Crippen LogP contribution is 2.39. The smallest absolute Gasteiger partial charge is 0.251 e. The van der Waals surface area contributed by atoms with Crippen molar-refractivity contribution in [3.8, 4) is 11.1 Å². The van der Waals surface area contributed by atoms with Gasteiger partial charge in [-0.25, -0.2) is 0 Å². The molecule has 0 spiro atoms. The largest absolute Gasteiger partial charge is 0.345 e. The number of hydrogen-bond donors (Lipinski definition) is 2. The molecular weight excluding hydrogens is 308 g/mol. The summed E-state index contributed by atoms with van der Waals surface area (Å²) >= 11 is 0. The van der Waals surface area contributed by atoms with E-state index in [4.69, 9.17) is 5.73 Å². The first-order valence-corrected chi connectivity index (χ1v) is 7.80. The summed E-state index contributed by atoms with van der Waals surface area (Å²) in [6.45, 7) is 2.52. The molecule has 0 radical (unpaired) electrons. The third-order valence-corrected chi connectivity index (χ3v) is 4.56. The van der Waals surface area contributed by atoms with E-state index in [1.165, 1.54) is 0 Å². The van der Waals surface area contributed by atoms with Crippen molar-refractivity contribution in [3.05, 3.63) is 60.2 Å². The van der Waals surface area contributed by atoms with Gasteiger partial charge < -0.3 is 11.1 Å². The van der Waals surface area contributed by atoms with Crippen molar-refractivity contribution in [2.75, 3.05) is 6.54 Å². The predicted octanol–water partition coefficient (Wildman–Crippen LogP) is 3.63. The fourth-order valence-corrected chi connectivity index (χ4v) is 2.82. The Balaban J connectivity index is 0.00000192. The predicted molar refractivity (Wildman–Crippen MR) is 96.8 cm³/mol. The lowest BCUT2D eigenvalue weighted by Gasteiger charge is -2.29. The Labute approximate surface area is 143 Å². The average molecular weight is 331 g/mol. The molecule has 1 unspecified atom stereocenters. The molecule has 3 N–H and O–H groups in total. The van der Waals surface area contributed by atoms with Crippen molar-refractivity contribution in [2.45, 2.75) is 25.3 Å². The molecule has 1 amide bonds. The SMILES string of the molecule is CC(CN)(NC(=O)c1ccc(-c2ccccc2)cc1)C1CC1.Cl. The number of benzene rings is 2. The van der Waals surface area contributed by atoms with Crippen molar-refractivity contribution in [3.63, 3.8) is 0 Å². The van der Waals surface area contributed by atoms with E-state index in [-0.39, 0.29) is 23.9 Å². The maximum Gasteiger partial charge on any atom is 0.251 e. The van der Waals surface area contributed by atoms with Gasteiger partial charge in [0.2, 0.25) is 0 Å². The molecule has 0 saturated heterocycles. The quantitative estimate of drug-likeness (QED) is 0.879. The fourth-order valence-electron chi connectivity index (χ4n) is 2.82. The number of nitrogens with one attached hydrogen (secondary N) is 1. The third-order valence-electron chi connectivity index (χ3n) is 4.56. The number of halogens is 1. The molecule has 4 heteroatoms. The molecule has 0 aromatic heterocycles. The monoisotopic (exact) mass is 330 g/mol. The number of rotatable bonds is 5. The zero-order valence-corrected chi connectivity index (χ0v) is 14.1. The van der Waals surface area contributed by atoms with Crippen molar-refractivity contribution in [1.82, 2.24) is 5.32 Å². The van der Waals surface area contributed by atoms with Crippen LogP contribution in [0.3, 0.4) is 0 Å². The van der Waals surface area contributed by atoms with Crippen LogP contribution in [-0.2, 0) is 0 Å². The molecule has 3 rings (SSSR count). The summed E-state index contributed by atoms with van der Waals surface area (Å²) in [6.07, 6.45) is 2.31. The summed E-state index contributed by atoms with van der Waals surface area (Å²) in [5.74, 6) is 0.476. The van der Waals surface area contributed by atoms with E-state index < -0.39 is 0 Å². The van der Waals surface area contributed by atoms with E-state index in [0.29, 0.717) is 18.0 Å². The van der Waals surface area contributed by atoms with Crippen LogP contribution in [0.5, 0.6) is 0 Å². The highest BCUT2D eigenvalue weighted by Gasteiger charge is 2.41. The molecule has 1 atom stereocenters. The van der Waals surface area contributed by atoms with Crippen LogP contribution in [0.15, 0.2) is 54.6 Å². The minimum Gasteiger partial charge on any atom is -0.345 e. The molecule has 1 aliphatic rings. The van der Waals surface area contributed by atoms with Gasteiger partial charge in [-0.15, -0.1) is 12.4 Å². The summed E-state index contributed by atoms with van der Waals surface area (Å²) in [6, 6.07) is 17.9. The number of hydrogen-bond acceptors (Lipinski definition) is 2. The zero-order valence-electron chi connectivity index (χ0n) is 13.3. The Bertz CT molecular complexity index is 653. The maximum atomic E-state index is 12.4. The van der Waals surface area contributed by atoms with E-state index in [0.717, 1.165) is 24.0 Å². The molecule has 23 heavy (non-hydrogen) atoms. The Kier molecular flexibility index (Phi) is 5.45. The van der Waals surface area contributed by atoms with Gasteiger partial charge in [0.05, 0.1) is 5.54 Å². The molecule has 0 bridgehead atoms. The van der Waals surface area contributed by atoms with Crippen LogP contribution >= 0.6 is 12.4 Å².